The van der Waals surface area contributed by atoms with Crippen LogP contribution < -0.4 is 16.4 Å². The first-order valence-corrected chi connectivity index (χ1v) is 6.98. The first-order chi connectivity index (χ1) is 9.60. The lowest BCUT2D eigenvalue weighted by molar-refractivity contribution is -0.120. The Morgan fingerprint density at radius 2 is 1.90 bits per heavy atom. The highest BCUT2D eigenvalue weighted by atomic mass is 16.2. The highest BCUT2D eigenvalue weighted by Gasteiger charge is 2.24. The topological polar surface area (TPSA) is 84.2 Å². The molecule has 0 spiro atoms. The van der Waals surface area contributed by atoms with E-state index in [-0.39, 0.29) is 23.8 Å². The molecule has 4 N–H and O–H groups in total. The van der Waals surface area contributed by atoms with E-state index in [0.717, 1.165) is 25.7 Å². The quantitative estimate of drug-likeness (QED) is 0.781. The van der Waals surface area contributed by atoms with E-state index in [1.165, 1.54) is 0 Å². The van der Waals surface area contributed by atoms with Crippen LogP contribution in [0.1, 0.15) is 36.0 Å². The van der Waals surface area contributed by atoms with Gasteiger partial charge in [0.05, 0.1) is 0 Å². The van der Waals surface area contributed by atoms with E-state index in [9.17, 15) is 9.59 Å². The Bertz CT molecular complexity index is 494. The Labute approximate surface area is 118 Å². The molecule has 1 saturated carbocycles. The molecule has 0 heterocycles. The summed E-state index contributed by atoms with van der Waals surface area (Å²) in [5, 5.41) is 5.45. The van der Waals surface area contributed by atoms with Gasteiger partial charge >= 0.3 is 0 Å². The van der Waals surface area contributed by atoms with Crippen molar-refractivity contribution in [1.82, 2.24) is 5.32 Å². The van der Waals surface area contributed by atoms with Crippen molar-refractivity contribution in [3.63, 3.8) is 0 Å². The number of rotatable bonds is 3. The van der Waals surface area contributed by atoms with Gasteiger partial charge in [0.25, 0.3) is 5.91 Å². The van der Waals surface area contributed by atoms with Crippen LogP contribution in [-0.2, 0) is 4.79 Å². The number of hydrogen-bond donors (Lipinski definition) is 3. The van der Waals surface area contributed by atoms with E-state index in [1.54, 1.807) is 31.3 Å². The first kappa shape index (κ1) is 14.5. The Balaban J connectivity index is 1.99. The number of carbonyl (C=O) groups excluding carboxylic acids is 2. The van der Waals surface area contributed by atoms with Gasteiger partial charge in [-0.2, -0.15) is 0 Å². The zero-order chi connectivity index (χ0) is 14.5. The standard InChI is InChI=1S/C15H21N3O2/c1-17-14(19)11-3-2-4-13(9-11)18-15(20)10-5-7-12(16)8-6-10/h2-4,9-10,12H,5-8,16H2,1H3,(H,17,19)(H,18,20). The predicted octanol–water partition coefficient (Wildman–Crippen LogP) is 1.50. The Morgan fingerprint density at radius 3 is 2.55 bits per heavy atom. The van der Waals surface area contributed by atoms with Gasteiger partial charge in [-0.15, -0.1) is 0 Å². The largest absolute Gasteiger partial charge is 0.355 e. The summed E-state index contributed by atoms with van der Waals surface area (Å²) >= 11 is 0. The number of nitrogens with two attached hydrogens (primary N) is 1. The normalized spacial score (nSPS) is 22.1. The molecule has 20 heavy (non-hydrogen) atoms. The molecule has 2 rings (SSSR count). The van der Waals surface area contributed by atoms with Crippen LogP contribution in [0.3, 0.4) is 0 Å². The maximum absolute atomic E-state index is 12.2. The van der Waals surface area contributed by atoms with Gasteiger partial charge in [0, 0.05) is 30.3 Å². The lowest BCUT2D eigenvalue weighted by atomic mass is 9.86. The highest BCUT2D eigenvalue weighted by Crippen LogP contribution is 2.24. The van der Waals surface area contributed by atoms with Crippen LogP contribution in [-0.4, -0.2) is 24.9 Å². The van der Waals surface area contributed by atoms with Crippen LogP contribution in [0.15, 0.2) is 24.3 Å². The zero-order valence-electron chi connectivity index (χ0n) is 11.7. The van der Waals surface area contributed by atoms with E-state index >= 15 is 0 Å². The number of anilines is 1. The molecular formula is C15H21N3O2. The van der Waals surface area contributed by atoms with Gasteiger partial charge in [-0.3, -0.25) is 9.59 Å². The smallest absolute Gasteiger partial charge is 0.251 e. The maximum atomic E-state index is 12.2. The summed E-state index contributed by atoms with van der Waals surface area (Å²) < 4.78 is 0. The molecule has 0 aliphatic heterocycles. The second-order valence-corrected chi connectivity index (χ2v) is 5.26. The van der Waals surface area contributed by atoms with Gasteiger partial charge in [0.1, 0.15) is 0 Å². The molecule has 5 nitrogen and oxygen atoms in total. The Hall–Kier alpha value is -1.88. The summed E-state index contributed by atoms with van der Waals surface area (Å²) in [6, 6.07) is 7.19. The molecule has 1 fully saturated rings. The van der Waals surface area contributed by atoms with E-state index in [2.05, 4.69) is 10.6 Å². The monoisotopic (exact) mass is 275 g/mol. The average Bonchev–Trinajstić information content (AvgIpc) is 2.47. The molecular weight excluding hydrogens is 254 g/mol. The average molecular weight is 275 g/mol. The van der Waals surface area contributed by atoms with Crippen LogP contribution in [0.5, 0.6) is 0 Å². The fourth-order valence-electron chi connectivity index (χ4n) is 2.51. The van der Waals surface area contributed by atoms with Gasteiger partial charge < -0.3 is 16.4 Å². The second kappa shape index (κ2) is 6.52. The number of benzene rings is 1. The minimum Gasteiger partial charge on any atom is -0.355 e. The van der Waals surface area contributed by atoms with Crippen LogP contribution in [0, 0.1) is 5.92 Å². The first-order valence-electron chi connectivity index (χ1n) is 6.98. The number of amides is 2. The van der Waals surface area contributed by atoms with Crippen molar-refractivity contribution in [2.75, 3.05) is 12.4 Å². The maximum Gasteiger partial charge on any atom is 0.251 e. The van der Waals surface area contributed by atoms with E-state index in [0.29, 0.717) is 11.3 Å². The molecule has 0 unspecified atom stereocenters. The summed E-state index contributed by atoms with van der Waals surface area (Å²) in [4.78, 5) is 23.7. The molecule has 108 valence electrons. The van der Waals surface area contributed by atoms with E-state index in [1.807, 2.05) is 0 Å². The number of nitrogens with one attached hydrogen (secondary N) is 2. The summed E-state index contributed by atoms with van der Waals surface area (Å²) in [7, 11) is 1.58. The SMILES string of the molecule is CNC(=O)c1cccc(NC(=O)C2CCC(N)CC2)c1. The predicted molar refractivity (Wildman–Crippen MR) is 78.4 cm³/mol. The van der Waals surface area contributed by atoms with Crippen LogP contribution >= 0.6 is 0 Å². The summed E-state index contributed by atoms with van der Waals surface area (Å²) in [5.41, 5.74) is 7.04. The summed E-state index contributed by atoms with van der Waals surface area (Å²) in [5.74, 6) is -0.117. The fraction of sp³-hybridized carbons (Fsp3) is 0.467. The number of carbonyl (C=O) groups is 2. The third-order valence-corrected chi connectivity index (χ3v) is 3.76. The van der Waals surface area contributed by atoms with Crippen LogP contribution in [0.4, 0.5) is 5.69 Å². The Morgan fingerprint density at radius 1 is 1.20 bits per heavy atom. The third kappa shape index (κ3) is 3.57. The van der Waals surface area contributed by atoms with Crippen molar-refractivity contribution >= 4 is 17.5 Å². The third-order valence-electron chi connectivity index (χ3n) is 3.76. The fourth-order valence-corrected chi connectivity index (χ4v) is 2.51. The molecule has 2 amide bonds. The molecule has 0 bridgehead atoms. The molecule has 1 aromatic carbocycles. The number of hydrogen-bond acceptors (Lipinski definition) is 3. The zero-order valence-corrected chi connectivity index (χ0v) is 11.7. The van der Waals surface area contributed by atoms with Crippen molar-refractivity contribution in [3.8, 4) is 0 Å². The van der Waals surface area contributed by atoms with Crippen molar-refractivity contribution < 1.29 is 9.59 Å². The van der Waals surface area contributed by atoms with E-state index in [4.69, 9.17) is 5.73 Å². The molecule has 0 saturated heterocycles. The van der Waals surface area contributed by atoms with Gasteiger partial charge in [-0.05, 0) is 43.9 Å². The minimum absolute atomic E-state index is 0.0194. The second-order valence-electron chi connectivity index (χ2n) is 5.26. The lowest BCUT2D eigenvalue weighted by Gasteiger charge is -2.25. The van der Waals surface area contributed by atoms with Gasteiger partial charge in [-0.1, -0.05) is 6.07 Å². The van der Waals surface area contributed by atoms with Crippen molar-refractivity contribution in [1.29, 1.82) is 0 Å². The van der Waals surface area contributed by atoms with E-state index < -0.39 is 0 Å². The minimum atomic E-state index is -0.162. The Kier molecular flexibility index (Phi) is 4.74. The van der Waals surface area contributed by atoms with Crippen LogP contribution in [0.2, 0.25) is 0 Å². The molecule has 1 aliphatic rings. The molecule has 1 aromatic rings. The molecule has 1 aliphatic carbocycles. The summed E-state index contributed by atoms with van der Waals surface area (Å²) in [6.07, 6.45) is 3.47. The molecule has 0 aromatic heterocycles. The molecule has 5 heteroatoms. The molecule has 0 radical (unpaired) electrons. The van der Waals surface area contributed by atoms with Crippen molar-refractivity contribution in [3.05, 3.63) is 29.8 Å². The summed E-state index contributed by atoms with van der Waals surface area (Å²) in [6.45, 7) is 0. The lowest BCUT2D eigenvalue weighted by Crippen LogP contribution is -2.32. The van der Waals surface area contributed by atoms with Gasteiger partial charge in [0.15, 0.2) is 0 Å². The molecule has 0 atom stereocenters. The van der Waals surface area contributed by atoms with Gasteiger partial charge in [-0.25, -0.2) is 0 Å². The highest BCUT2D eigenvalue weighted by molar-refractivity contribution is 5.97. The van der Waals surface area contributed by atoms with Crippen molar-refractivity contribution in [2.24, 2.45) is 11.7 Å². The van der Waals surface area contributed by atoms with Crippen molar-refractivity contribution in [2.45, 2.75) is 31.7 Å². The van der Waals surface area contributed by atoms with Crippen LogP contribution in [0.25, 0.3) is 0 Å². The van der Waals surface area contributed by atoms with Gasteiger partial charge in [0.2, 0.25) is 5.91 Å².